The van der Waals surface area contributed by atoms with Gasteiger partial charge in [0.05, 0.1) is 0 Å². The van der Waals surface area contributed by atoms with E-state index in [1.165, 1.54) is 0 Å². The summed E-state index contributed by atoms with van der Waals surface area (Å²) in [6, 6.07) is 0. The number of nitrogens with two attached hydrogens (primary N) is 2. The molecule has 0 heterocycles. The number of hydrogen-bond donors (Lipinski definition) is 2. The van der Waals surface area contributed by atoms with Crippen molar-refractivity contribution in [3.05, 3.63) is 11.9 Å². The van der Waals surface area contributed by atoms with Crippen molar-refractivity contribution < 1.29 is 13.2 Å². The summed E-state index contributed by atoms with van der Waals surface area (Å²) in [5.74, 6) is 0. The third-order valence-electron chi connectivity index (χ3n) is 0.507. The molecule has 0 aromatic heterocycles. The predicted molar refractivity (Wildman–Crippen MR) is 37.0 cm³/mol. The zero-order chi connectivity index (χ0) is 6.78. The first-order valence-electron chi connectivity index (χ1n) is 1.73. The number of hydrogen-bond acceptors (Lipinski definition) is 2. The Bertz CT molecular complexity index is 111. The molecule has 7 heteroatoms. The van der Waals surface area contributed by atoms with E-state index in [2.05, 4.69) is 11.5 Å². The van der Waals surface area contributed by atoms with Crippen LogP contribution in [0.4, 0.5) is 13.2 Å². The standard InChI is InChI=1S/C3H5F3N2.2ClH/c4-3(5,6)2(8)1-7;;/h1H,7-8H2;2*1H/b2-1+;;. The van der Waals surface area contributed by atoms with Crippen LogP contribution in [0.25, 0.3) is 0 Å². The molecule has 0 atom stereocenters. The van der Waals surface area contributed by atoms with Gasteiger partial charge in [-0.05, 0) is 0 Å². The molecular formula is C3H7Cl2F3N2. The molecule has 0 fully saturated rings. The van der Waals surface area contributed by atoms with Gasteiger partial charge in [-0.1, -0.05) is 0 Å². The van der Waals surface area contributed by atoms with E-state index in [1.54, 1.807) is 0 Å². The van der Waals surface area contributed by atoms with Crippen molar-refractivity contribution in [2.24, 2.45) is 11.5 Å². The summed E-state index contributed by atoms with van der Waals surface area (Å²) in [7, 11) is 0. The first kappa shape index (κ1) is 16.4. The lowest BCUT2D eigenvalue weighted by atomic mass is 10.5. The third kappa shape index (κ3) is 5.84. The van der Waals surface area contributed by atoms with Gasteiger partial charge in [0.2, 0.25) is 0 Å². The average Bonchev–Trinajstić information content (AvgIpc) is 1.62. The summed E-state index contributed by atoms with van der Waals surface area (Å²) >= 11 is 0. The van der Waals surface area contributed by atoms with Crippen molar-refractivity contribution in [1.82, 2.24) is 0 Å². The van der Waals surface area contributed by atoms with Crippen LogP contribution in [0.5, 0.6) is 0 Å². The fraction of sp³-hybridized carbons (Fsp3) is 0.333. The van der Waals surface area contributed by atoms with Gasteiger partial charge in [-0.2, -0.15) is 13.2 Å². The minimum Gasteiger partial charge on any atom is -0.403 e. The van der Waals surface area contributed by atoms with E-state index >= 15 is 0 Å². The Hall–Kier alpha value is -0.290. The normalized spacial score (nSPS) is 11.3. The van der Waals surface area contributed by atoms with Crippen molar-refractivity contribution in [2.75, 3.05) is 0 Å². The molecule has 64 valence electrons. The first-order valence-corrected chi connectivity index (χ1v) is 1.73. The Morgan fingerprint density at radius 3 is 1.50 bits per heavy atom. The molecule has 0 aromatic carbocycles. The largest absolute Gasteiger partial charge is 0.432 e. The average molecular weight is 199 g/mol. The Labute approximate surface area is 68.3 Å². The molecule has 0 aliphatic carbocycles. The van der Waals surface area contributed by atoms with Gasteiger partial charge in [0.1, 0.15) is 5.70 Å². The molecule has 0 aliphatic heterocycles. The number of alkyl halides is 3. The van der Waals surface area contributed by atoms with Crippen LogP contribution in [0.3, 0.4) is 0 Å². The summed E-state index contributed by atoms with van der Waals surface area (Å²) in [6.07, 6.45) is -4.16. The zero-order valence-electron chi connectivity index (χ0n) is 4.68. The first-order chi connectivity index (χ1) is 3.48. The quantitative estimate of drug-likeness (QED) is 0.614. The van der Waals surface area contributed by atoms with E-state index in [-0.39, 0.29) is 24.8 Å². The minimum atomic E-state index is -4.48. The Kier molecular flexibility index (Phi) is 8.98. The van der Waals surface area contributed by atoms with Crippen LogP contribution in [0.1, 0.15) is 0 Å². The molecule has 2 nitrogen and oxygen atoms in total. The molecule has 0 rings (SSSR count). The van der Waals surface area contributed by atoms with Crippen LogP contribution in [-0.4, -0.2) is 6.18 Å². The summed E-state index contributed by atoms with van der Waals surface area (Å²) in [6.45, 7) is 0. The molecule has 0 aliphatic rings. The summed E-state index contributed by atoms with van der Waals surface area (Å²) < 4.78 is 33.5. The maximum absolute atomic E-state index is 11.2. The SMILES string of the molecule is Cl.Cl.N/C=C(/N)C(F)(F)F. The van der Waals surface area contributed by atoms with Gasteiger partial charge in [-0.15, -0.1) is 24.8 Å². The van der Waals surface area contributed by atoms with Crippen LogP contribution in [0.2, 0.25) is 0 Å². The van der Waals surface area contributed by atoms with Crippen molar-refractivity contribution in [1.29, 1.82) is 0 Å². The molecule has 0 saturated carbocycles. The van der Waals surface area contributed by atoms with E-state index in [0.717, 1.165) is 0 Å². The lowest BCUT2D eigenvalue weighted by Gasteiger charge is -2.02. The maximum Gasteiger partial charge on any atom is 0.432 e. The van der Waals surface area contributed by atoms with Gasteiger partial charge in [-0.25, -0.2) is 0 Å². The van der Waals surface area contributed by atoms with Gasteiger partial charge in [0, 0.05) is 6.20 Å². The van der Waals surface area contributed by atoms with Gasteiger partial charge in [-0.3, -0.25) is 0 Å². The molecule has 0 radical (unpaired) electrons. The predicted octanol–water partition coefficient (Wildman–Crippen LogP) is 1.15. The molecule has 0 bridgehead atoms. The highest BCUT2D eigenvalue weighted by Crippen LogP contribution is 2.19. The Morgan fingerprint density at radius 2 is 1.50 bits per heavy atom. The highest BCUT2D eigenvalue weighted by Gasteiger charge is 2.30. The minimum absolute atomic E-state index is 0. The monoisotopic (exact) mass is 198 g/mol. The summed E-state index contributed by atoms with van der Waals surface area (Å²) in [5.41, 5.74) is 7.55. The van der Waals surface area contributed by atoms with Gasteiger partial charge in [0.15, 0.2) is 0 Å². The fourth-order valence-corrected chi connectivity index (χ4v) is 0.0945. The van der Waals surface area contributed by atoms with Crippen molar-refractivity contribution in [3.63, 3.8) is 0 Å². The second kappa shape index (κ2) is 5.49. The smallest absolute Gasteiger partial charge is 0.403 e. The Morgan fingerprint density at radius 1 is 1.20 bits per heavy atom. The van der Waals surface area contributed by atoms with Crippen LogP contribution in [-0.2, 0) is 0 Å². The Balaban J connectivity index is -0.000000245. The van der Waals surface area contributed by atoms with Gasteiger partial charge >= 0.3 is 6.18 Å². The molecule has 4 N–H and O–H groups in total. The molecular weight excluding hydrogens is 192 g/mol. The zero-order valence-corrected chi connectivity index (χ0v) is 6.32. The molecule has 10 heavy (non-hydrogen) atoms. The van der Waals surface area contributed by atoms with Gasteiger partial charge < -0.3 is 11.5 Å². The topological polar surface area (TPSA) is 52.0 Å². The van der Waals surface area contributed by atoms with Crippen molar-refractivity contribution in [2.45, 2.75) is 6.18 Å². The van der Waals surface area contributed by atoms with E-state index in [9.17, 15) is 13.2 Å². The fourth-order valence-electron chi connectivity index (χ4n) is 0.0945. The highest BCUT2D eigenvalue weighted by molar-refractivity contribution is 5.85. The molecule has 0 saturated heterocycles. The lowest BCUT2D eigenvalue weighted by molar-refractivity contribution is -0.0928. The van der Waals surface area contributed by atoms with E-state index < -0.39 is 11.9 Å². The third-order valence-corrected chi connectivity index (χ3v) is 0.507. The van der Waals surface area contributed by atoms with E-state index in [1.807, 2.05) is 0 Å². The van der Waals surface area contributed by atoms with Gasteiger partial charge in [0.25, 0.3) is 0 Å². The number of allylic oxidation sites excluding steroid dienone is 1. The summed E-state index contributed by atoms with van der Waals surface area (Å²) in [4.78, 5) is 0. The lowest BCUT2D eigenvalue weighted by Crippen LogP contribution is -2.20. The molecule has 0 amide bonds. The highest BCUT2D eigenvalue weighted by atomic mass is 35.5. The van der Waals surface area contributed by atoms with Crippen LogP contribution in [0, 0.1) is 0 Å². The number of rotatable bonds is 0. The second-order valence-electron chi connectivity index (χ2n) is 1.12. The van der Waals surface area contributed by atoms with Crippen LogP contribution < -0.4 is 11.5 Å². The molecule has 0 aromatic rings. The van der Waals surface area contributed by atoms with Crippen LogP contribution in [0.15, 0.2) is 11.9 Å². The second-order valence-corrected chi connectivity index (χ2v) is 1.12. The summed E-state index contributed by atoms with van der Waals surface area (Å²) in [5, 5.41) is 0. The van der Waals surface area contributed by atoms with Crippen LogP contribution >= 0.6 is 24.8 Å². The molecule has 0 spiro atoms. The van der Waals surface area contributed by atoms with Crippen molar-refractivity contribution in [3.8, 4) is 0 Å². The van der Waals surface area contributed by atoms with Crippen molar-refractivity contribution >= 4 is 24.8 Å². The molecule has 0 unspecified atom stereocenters. The van der Waals surface area contributed by atoms with E-state index in [0.29, 0.717) is 6.20 Å². The van der Waals surface area contributed by atoms with E-state index in [4.69, 9.17) is 0 Å². The maximum atomic E-state index is 11.2. The number of halogens is 5.